The smallest absolute Gasteiger partial charge is 0.251 e. The normalized spacial score (nSPS) is 16.5. The molecule has 10 heteroatoms. The summed E-state index contributed by atoms with van der Waals surface area (Å²) in [4.78, 5) is 14.5. The van der Waals surface area contributed by atoms with Crippen LogP contribution in [0.5, 0.6) is 5.75 Å². The molecule has 1 atom stereocenters. The molecule has 7 nitrogen and oxygen atoms in total. The standard InChI is InChI=1S/C22H26Cl2N2O5S/c1-32(29,30)19-5-2-15(3-6-19)22(28)25-13-16(27)14-26-10-8-17(9-11-26)31-18-4-7-20(23)21(24)12-18/h2-7,12,16-17,27H,8-11,13-14H2,1H3,(H,25,28)/t16-/m1/s1. The van der Waals surface area contributed by atoms with Crippen LogP contribution in [0.4, 0.5) is 0 Å². The number of ether oxygens (including phenoxy) is 1. The van der Waals surface area contributed by atoms with E-state index in [1.807, 2.05) is 0 Å². The molecule has 3 rings (SSSR count). The van der Waals surface area contributed by atoms with E-state index in [1.165, 1.54) is 24.3 Å². The number of β-amino-alcohol motifs (C(OH)–C–C–N with tert-alkyl or cyclic N) is 1. The van der Waals surface area contributed by atoms with Crippen molar-refractivity contribution in [1.29, 1.82) is 0 Å². The van der Waals surface area contributed by atoms with Gasteiger partial charge in [0.05, 0.1) is 21.0 Å². The molecule has 174 valence electrons. The van der Waals surface area contributed by atoms with Crippen LogP contribution >= 0.6 is 23.2 Å². The molecule has 0 unspecified atom stereocenters. The van der Waals surface area contributed by atoms with Crippen molar-refractivity contribution in [2.45, 2.75) is 29.9 Å². The number of piperidine rings is 1. The maximum Gasteiger partial charge on any atom is 0.251 e. The quantitative estimate of drug-likeness (QED) is 0.578. The Morgan fingerprint density at radius 3 is 2.41 bits per heavy atom. The number of carbonyl (C=O) groups is 1. The van der Waals surface area contributed by atoms with Crippen LogP contribution in [0, 0.1) is 0 Å². The van der Waals surface area contributed by atoms with Crippen LogP contribution in [-0.2, 0) is 9.84 Å². The first-order chi connectivity index (χ1) is 15.1. The van der Waals surface area contributed by atoms with Crippen molar-refractivity contribution in [3.63, 3.8) is 0 Å². The van der Waals surface area contributed by atoms with Gasteiger partial charge in [-0.15, -0.1) is 0 Å². The number of nitrogens with zero attached hydrogens (tertiary/aromatic N) is 1. The Balaban J connectivity index is 1.39. The molecule has 0 aromatic heterocycles. The average molecular weight is 501 g/mol. The zero-order chi connectivity index (χ0) is 23.3. The predicted molar refractivity (Wildman–Crippen MR) is 124 cm³/mol. The summed E-state index contributed by atoms with van der Waals surface area (Å²) in [5, 5.41) is 13.9. The molecular formula is C22H26Cl2N2O5S. The monoisotopic (exact) mass is 500 g/mol. The second-order valence-corrected chi connectivity index (χ2v) is 10.7. The maximum absolute atomic E-state index is 12.2. The molecule has 2 aromatic rings. The first-order valence-electron chi connectivity index (χ1n) is 10.2. The third kappa shape index (κ3) is 7.08. The third-order valence-electron chi connectivity index (χ3n) is 5.24. The number of benzene rings is 2. The molecule has 1 amide bonds. The van der Waals surface area contributed by atoms with Crippen LogP contribution in [0.2, 0.25) is 10.0 Å². The van der Waals surface area contributed by atoms with Gasteiger partial charge in [0.25, 0.3) is 5.91 Å². The van der Waals surface area contributed by atoms with Crippen LogP contribution in [-0.4, -0.2) is 69.0 Å². The summed E-state index contributed by atoms with van der Waals surface area (Å²) in [7, 11) is -3.31. The molecule has 1 aliphatic heterocycles. The minimum absolute atomic E-state index is 0.0650. The van der Waals surface area contributed by atoms with Crippen LogP contribution in [0.1, 0.15) is 23.2 Å². The van der Waals surface area contributed by atoms with Crippen molar-refractivity contribution in [3.8, 4) is 5.75 Å². The maximum atomic E-state index is 12.2. The Morgan fingerprint density at radius 2 is 1.81 bits per heavy atom. The van der Waals surface area contributed by atoms with E-state index < -0.39 is 15.9 Å². The zero-order valence-electron chi connectivity index (χ0n) is 17.6. The predicted octanol–water partition coefficient (Wildman–Crippen LogP) is 3.03. The highest BCUT2D eigenvalue weighted by Gasteiger charge is 2.23. The Bertz CT molecular complexity index is 1040. The number of halogens is 2. The molecule has 0 spiro atoms. The SMILES string of the molecule is CS(=O)(=O)c1ccc(C(=O)NC[C@@H](O)CN2CCC(Oc3ccc(Cl)c(Cl)c3)CC2)cc1. The second-order valence-electron chi connectivity index (χ2n) is 7.85. The van der Waals surface area contributed by atoms with Gasteiger partial charge in [0.15, 0.2) is 9.84 Å². The van der Waals surface area contributed by atoms with Gasteiger partial charge in [-0.3, -0.25) is 4.79 Å². The van der Waals surface area contributed by atoms with Gasteiger partial charge in [-0.2, -0.15) is 0 Å². The van der Waals surface area contributed by atoms with E-state index >= 15 is 0 Å². The molecule has 1 fully saturated rings. The largest absolute Gasteiger partial charge is 0.490 e. The first kappa shape index (κ1) is 24.8. The van der Waals surface area contributed by atoms with Gasteiger partial charge in [-0.25, -0.2) is 8.42 Å². The molecule has 1 heterocycles. The van der Waals surface area contributed by atoms with Crippen LogP contribution in [0.25, 0.3) is 0 Å². The minimum Gasteiger partial charge on any atom is -0.490 e. The Labute approximate surface area is 198 Å². The van der Waals surface area contributed by atoms with Crippen molar-refractivity contribution in [2.75, 3.05) is 32.4 Å². The van der Waals surface area contributed by atoms with E-state index in [1.54, 1.807) is 18.2 Å². The van der Waals surface area contributed by atoms with Crippen molar-refractivity contribution < 1.29 is 23.1 Å². The van der Waals surface area contributed by atoms with Crippen molar-refractivity contribution >= 4 is 38.9 Å². The van der Waals surface area contributed by atoms with E-state index in [-0.39, 0.29) is 23.5 Å². The van der Waals surface area contributed by atoms with Crippen molar-refractivity contribution in [1.82, 2.24) is 10.2 Å². The number of aliphatic hydroxyl groups excluding tert-OH is 1. The highest BCUT2D eigenvalue weighted by molar-refractivity contribution is 7.90. The molecule has 1 aliphatic rings. The summed E-state index contributed by atoms with van der Waals surface area (Å²) in [5.41, 5.74) is 0.338. The summed E-state index contributed by atoms with van der Waals surface area (Å²) < 4.78 is 29.0. The molecular weight excluding hydrogens is 475 g/mol. The molecule has 0 aliphatic carbocycles. The Hall–Kier alpha value is -1.84. The number of nitrogens with one attached hydrogen (secondary N) is 1. The topological polar surface area (TPSA) is 95.9 Å². The molecule has 2 aromatic carbocycles. The Kier molecular flexibility index (Phi) is 8.41. The summed E-state index contributed by atoms with van der Waals surface area (Å²) in [5.74, 6) is 0.322. The van der Waals surface area contributed by atoms with Gasteiger partial charge in [0.2, 0.25) is 0 Å². The number of aliphatic hydroxyl groups is 1. The van der Waals surface area contributed by atoms with Gasteiger partial charge < -0.3 is 20.1 Å². The lowest BCUT2D eigenvalue weighted by Crippen LogP contribution is -2.45. The lowest BCUT2D eigenvalue weighted by atomic mass is 10.1. The molecule has 2 N–H and O–H groups in total. The molecule has 1 saturated heterocycles. The van der Waals surface area contributed by atoms with Gasteiger partial charge in [0, 0.05) is 44.1 Å². The van der Waals surface area contributed by atoms with E-state index in [9.17, 15) is 18.3 Å². The van der Waals surface area contributed by atoms with Crippen LogP contribution in [0.3, 0.4) is 0 Å². The summed E-state index contributed by atoms with van der Waals surface area (Å²) in [6.07, 6.45) is 2.08. The van der Waals surface area contributed by atoms with E-state index in [0.717, 1.165) is 32.2 Å². The van der Waals surface area contributed by atoms with E-state index in [2.05, 4.69) is 10.2 Å². The van der Waals surface area contributed by atoms with Gasteiger partial charge >= 0.3 is 0 Å². The lowest BCUT2D eigenvalue weighted by molar-refractivity contribution is 0.0594. The second kappa shape index (κ2) is 10.9. The fourth-order valence-corrected chi connectivity index (χ4v) is 4.40. The number of hydrogen-bond acceptors (Lipinski definition) is 6. The average Bonchev–Trinajstić information content (AvgIpc) is 2.75. The minimum atomic E-state index is -3.31. The Morgan fingerprint density at radius 1 is 1.16 bits per heavy atom. The van der Waals surface area contributed by atoms with E-state index in [0.29, 0.717) is 27.9 Å². The van der Waals surface area contributed by atoms with Crippen molar-refractivity contribution in [3.05, 3.63) is 58.1 Å². The summed E-state index contributed by atoms with van der Waals surface area (Å²) >= 11 is 12.0. The van der Waals surface area contributed by atoms with Gasteiger partial charge in [-0.05, 0) is 49.2 Å². The molecule has 32 heavy (non-hydrogen) atoms. The molecule has 0 bridgehead atoms. The zero-order valence-corrected chi connectivity index (χ0v) is 20.0. The lowest BCUT2D eigenvalue weighted by Gasteiger charge is -2.33. The third-order valence-corrected chi connectivity index (χ3v) is 7.11. The fourth-order valence-electron chi connectivity index (χ4n) is 3.48. The summed E-state index contributed by atoms with van der Waals surface area (Å²) in [6, 6.07) is 10.9. The van der Waals surface area contributed by atoms with Gasteiger partial charge in [-0.1, -0.05) is 23.2 Å². The number of hydrogen-bond donors (Lipinski definition) is 2. The summed E-state index contributed by atoms with van der Waals surface area (Å²) in [6.45, 7) is 2.08. The highest BCUT2D eigenvalue weighted by atomic mass is 35.5. The number of likely N-dealkylation sites (tertiary alicyclic amines) is 1. The van der Waals surface area contributed by atoms with Gasteiger partial charge in [0.1, 0.15) is 11.9 Å². The van der Waals surface area contributed by atoms with E-state index in [4.69, 9.17) is 27.9 Å². The van der Waals surface area contributed by atoms with Crippen molar-refractivity contribution in [2.24, 2.45) is 0 Å². The first-order valence-corrected chi connectivity index (χ1v) is 12.9. The number of rotatable bonds is 8. The number of carbonyl (C=O) groups excluding carboxylic acids is 1. The fraction of sp³-hybridized carbons (Fsp3) is 0.409. The molecule has 0 radical (unpaired) electrons. The number of amides is 1. The van der Waals surface area contributed by atoms with Crippen LogP contribution < -0.4 is 10.1 Å². The number of sulfone groups is 1. The highest BCUT2D eigenvalue weighted by Crippen LogP contribution is 2.28. The molecule has 0 saturated carbocycles. The van der Waals surface area contributed by atoms with Crippen LogP contribution in [0.15, 0.2) is 47.4 Å².